The molecular formula is C24H30O6. The van der Waals surface area contributed by atoms with Crippen LogP contribution in [0.15, 0.2) is 36.4 Å². The fourth-order valence-corrected chi connectivity index (χ4v) is 5.06. The summed E-state index contributed by atoms with van der Waals surface area (Å²) in [7, 11) is 0. The molecule has 0 aromatic heterocycles. The number of aryl methyl sites for hydroxylation is 4. The zero-order chi connectivity index (χ0) is 21.8. The molecule has 2 fully saturated rings. The van der Waals surface area contributed by atoms with Crippen LogP contribution in [-0.2, 0) is 9.47 Å². The van der Waals surface area contributed by atoms with Crippen molar-refractivity contribution >= 4 is 0 Å². The Bertz CT molecular complexity index is 943. The first-order valence-corrected chi connectivity index (χ1v) is 10.3. The molecule has 4 rings (SSSR count). The average Bonchev–Trinajstić information content (AvgIpc) is 2.69. The number of aliphatic hydroxyl groups excluding tert-OH is 3. The molecule has 162 valence electrons. The monoisotopic (exact) mass is 414 g/mol. The Hall–Kier alpha value is -1.80. The molecule has 1 aliphatic heterocycles. The highest BCUT2D eigenvalue weighted by Gasteiger charge is 2.71. The summed E-state index contributed by atoms with van der Waals surface area (Å²) in [5, 5.41) is 42.8. The smallest absolute Gasteiger partial charge is 0.185 e. The number of benzene rings is 2. The van der Waals surface area contributed by atoms with Gasteiger partial charge in [0.25, 0.3) is 0 Å². The van der Waals surface area contributed by atoms with E-state index in [0.29, 0.717) is 0 Å². The normalized spacial score (nSPS) is 34.2. The molecule has 6 nitrogen and oxygen atoms in total. The van der Waals surface area contributed by atoms with Crippen molar-refractivity contribution in [2.24, 2.45) is 0 Å². The number of rotatable bonds is 4. The van der Waals surface area contributed by atoms with E-state index in [1.165, 1.54) is 0 Å². The summed E-state index contributed by atoms with van der Waals surface area (Å²) in [5.74, 6) is -0.700. The third-order valence-electron chi connectivity index (χ3n) is 6.58. The lowest BCUT2D eigenvalue weighted by Crippen LogP contribution is -2.78. The molecule has 3 unspecified atom stereocenters. The van der Waals surface area contributed by atoms with Gasteiger partial charge in [-0.25, -0.2) is 0 Å². The molecular weight excluding hydrogens is 384 g/mol. The van der Waals surface area contributed by atoms with Crippen LogP contribution in [0.5, 0.6) is 0 Å². The van der Waals surface area contributed by atoms with Crippen molar-refractivity contribution in [3.05, 3.63) is 69.8 Å². The average molecular weight is 414 g/mol. The first-order chi connectivity index (χ1) is 14.2. The van der Waals surface area contributed by atoms with Crippen LogP contribution in [0, 0.1) is 27.7 Å². The van der Waals surface area contributed by atoms with E-state index >= 15 is 0 Å². The molecule has 1 heterocycles. The molecule has 6 heteroatoms. The van der Waals surface area contributed by atoms with Crippen LogP contribution >= 0.6 is 0 Å². The quantitative estimate of drug-likeness (QED) is 0.610. The molecule has 0 spiro atoms. The highest BCUT2D eigenvalue weighted by atomic mass is 16.7. The standard InChI is InChI=1S/C24H30O6/c1-12-5-7-16(14(3)9-12)19-20(27)22-24(19,28)21(18(26)11-25)29-23(30-22)17-8-6-13(2)10-15(17)4/h5-10,18-23,25-28H,11H2,1-4H3/t18-,19?,20?,21-,22+,23?,24+/m1/s1. The second-order valence-electron chi connectivity index (χ2n) is 8.77. The Morgan fingerprint density at radius 3 is 2.03 bits per heavy atom. The second kappa shape index (κ2) is 7.71. The molecule has 0 bridgehead atoms. The fourth-order valence-electron chi connectivity index (χ4n) is 5.06. The Labute approximate surface area is 176 Å². The van der Waals surface area contributed by atoms with Gasteiger partial charge in [0.05, 0.1) is 12.7 Å². The van der Waals surface area contributed by atoms with Gasteiger partial charge in [-0.3, -0.25) is 0 Å². The van der Waals surface area contributed by atoms with Crippen molar-refractivity contribution in [1.29, 1.82) is 0 Å². The predicted octanol–water partition coefficient (Wildman–Crippen LogP) is 1.95. The van der Waals surface area contributed by atoms with Crippen LogP contribution in [0.25, 0.3) is 0 Å². The molecule has 0 radical (unpaired) electrons. The van der Waals surface area contributed by atoms with E-state index in [4.69, 9.17) is 9.47 Å². The van der Waals surface area contributed by atoms with Gasteiger partial charge in [-0.2, -0.15) is 0 Å². The van der Waals surface area contributed by atoms with E-state index in [9.17, 15) is 20.4 Å². The Kier molecular flexibility index (Phi) is 5.51. The van der Waals surface area contributed by atoms with Gasteiger partial charge in [0.1, 0.15) is 23.9 Å². The van der Waals surface area contributed by atoms with Crippen LogP contribution in [-0.4, -0.2) is 57.0 Å². The van der Waals surface area contributed by atoms with Crippen molar-refractivity contribution in [2.45, 2.75) is 69.9 Å². The second-order valence-corrected chi connectivity index (χ2v) is 8.77. The summed E-state index contributed by atoms with van der Waals surface area (Å²) in [6.07, 6.45) is -5.23. The molecule has 7 atom stereocenters. The maximum absolute atomic E-state index is 11.7. The first-order valence-electron chi connectivity index (χ1n) is 10.3. The predicted molar refractivity (Wildman–Crippen MR) is 111 cm³/mol. The van der Waals surface area contributed by atoms with Gasteiger partial charge in [0.2, 0.25) is 0 Å². The minimum atomic E-state index is -1.67. The topological polar surface area (TPSA) is 99.4 Å². The lowest BCUT2D eigenvalue weighted by molar-refractivity contribution is -0.403. The van der Waals surface area contributed by atoms with Gasteiger partial charge in [-0.05, 0) is 44.4 Å². The lowest BCUT2D eigenvalue weighted by Gasteiger charge is -2.62. The van der Waals surface area contributed by atoms with Gasteiger partial charge in [-0.1, -0.05) is 47.5 Å². The molecule has 30 heavy (non-hydrogen) atoms. The van der Waals surface area contributed by atoms with E-state index in [1.54, 1.807) is 0 Å². The van der Waals surface area contributed by atoms with Gasteiger partial charge >= 0.3 is 0 Å². The van der Waals surface area contributed by atoms with Gasteiger partial charge in [-0.15, -0.1) is 0 Å². The van der Waals surface area contributed by atoms with E-state index < -0.39 is 48.8 Å². The largest absolute Gasteiger partial charge is 0.394 e. The van der Waals surface area contributed by atoms with Crippen LogP contribution < -0.4 is 0 Å². The molecule has 4 N–H and O–H groups in total. The van der Waals surface area contributed by atoms with Crippen molar-refractivity contribution < 1.29 is 29.9 Å². The number of fused-ring (bicyclic) bond motifs is 1. The Morgan fingerprint density at radius 2 is 1.50 bits per heavy atom. The van der Waals surface area contributed by atoms with Crippen LogP contribution in [0.1, 0.15) is 45.6 Å². The number of ether oxygens (including phenoxy) is 2. The summed E-state index contributed by atoms with van der Waals surface area (Å²) in [6, 6.07) is 11.6. The number of hydrogen-bond acceptors (Lipinski definition) is 6. The lowest BCUT2D eigenvalue weighted by atomic mass is 9.57. The molecule has 1 aliphatic carbocycles. The van der Waals surface area contributed by atoms with Crippen molar-refractivity contribution in [3.63, 3.8) is 0 Å². The van der Waals surface area contributed by atoms with E-state index in [0.717, 1.165) is 33.4 Å². The number of aliphatic hydroxyl groups is 4. The van der Waals surface area contributed by atoms with Gasteiger partial charge in [0.15, 0.2) is 6.29 Å². The van der Waals surface area contributed by atoms with Crippen LogP contribution in [0.2, 0.25) is 0 Å². The third kappa shape index (κ3) is 3.19. The molecule has 2 aliphatic rings. The van der Waals surface area contributed by atoms with E-state index in [-0.39, 0.29) is 0 Å². The summed E-state index contributed by atoms with van der Waals surface area (Å²) in [5.41, 5.74) is 3.92. The summed E-state index contributed by atoms with van der Waals surface area (Å²) in [4.78, 5) is 0. The van der Waals surface area contributed by atoms with Crippen LogP contribution in [0.3, 0.4) is 0 Å². The fraction of sp³-hybridized carbons (Fsp3) is 0.500. The molecule has 0 amide bonds. The highest BCUT2D eigenvalue weighted by molar-refractivity contribution is 5.42. The van der Waals surface area contributed by atoms with Crippen molar-refractivity contribution in [3.8, 4) is 0 Å². The Balaban J connectivity index is 1.73. The highest BCUT2D eigenvalue weighted by Crippen LogP contribution is 2.56. The van der Waals surface area contributed by atoms with Gasteiger partial charge in [0, 0.05) is 11.5 Å². The SMILES string of the molecule is Cc1ccc(C2O[C@H]([C@H](O)CO)[C@@]3(O)C(c4ccc(C)cc4C)C(O)[C@@H]3O2)c(C)c1. The minimum Gasteiger partial charge on any atom is -0.394 e. The summed E-state index contributed by atoms with van der Waals surface area (Å²) < 4.78 is 12.1. The molecule has 1 saturated carbocycles. The van der Waals surface area contributed by atoms with E-state index in [1.807, 2.05) is 64.1 Å². The van der Waals surface area contributed by atoms with Crippen molar-refractivity contribution in [2.75, 3.05) is 6.61 Å². The maximum atomic E-state index is 11.7. The molecule has 1 saturated heterocycles. The Morgan fingerprint density at radius 1 is 0.933 bits per heavy atom. The maximum Gasteiger partial charge on any atom is 0.185 e. The minimum absolute atomic E-state index is 0.574. The first kappa shape index (κ1) is 21.4. The zero-order valence-electron chi connectivity index (χ0n) is 17.7. The third-order valence-corrected chi connectivity index (χ3v) is 6.58. The van der Waals surface area contributed by atoms with Crippen LogP contribution in [0.4, 0.5) is 0 Å². The van der Waals surface area contributed by atoms with E-state index in [2.05, 4.69) is 0 Å². The molecule has 2 aromatic carbocycles. The summed E-state index contributed by atoms with van der Waals surface area (Å²) in [6.45, 7) is 7.25. The zero-order valence-corrected chi connectivity index (χ0v) is 17.7. The van der Waals surface area contributed by atoms with Gasteiger partial charge < -0.3 is 29.9 Å². The van der Waals surface area contributed by atoms with Crippen molar-refractivity contribution in [1.82, 2.24) is 0 Å². The molecule has 2 aromatic rings. The summed E-state index contributed by atoms with van der Waals surface area (Å²) >= 11 is 0. The number of hydrogen-bond donors (Lipinski definition) is 4.